The second-order valence-corrected chi connectivity index (χ2v) is 10.4. The molecule has 1 heterocycles. The number of allylic oxidation sites excluding steroid dienone is 1. The number of hydrogen-bond acceptors (Lipinski definition) is 4. The number of morpholine rings is 1. The number of hydrogen-bond donors (Lipinski definition) is 4. The van der Waals surface area contributed by atoms with E-state index in [1.54, 1.807) is 11.0 Å². The standard InChI is InChI=1S/C26H34N3O6P/c30-25(27-23(12-7-19-36(32,33)34)14-13-21-8-3-1-4-9-21)24(20-22-10-5-2-6-11-22)28-26(31)29-15-17-35-18-16-29/h1-12,23-24H,13-20H2,(H,27,30)(H,28,31)(H2,32,33,34)/b12-7+/t23-,24?/m1/s1. The number of aryl methyl sites for hydroxylation is 1. The monoisotopic (exact) mass is 515 g/mol. The molecule has 2 aromatic rings. The van der Waals surface area contributed by atoms with Gasteiger partial charge in [-0.2, -0.15) is 0 Å². The highest BCUT2D eigenvalue weighted by molar-refractivity contribution is 7.51. The lowest BCUT2D eigenvalue weighted by atomic mass is 10.0. The lowest BCUT2D eigenvalue weighted by Gasteiger charge is -2.29. The van der Waals surface area contributed by atoms with Crippen molar-refractivity contribution in [1.82, 2.24) is 15.5 Å². The van der Waals surface area contributed by atoms with Crippen LogP contribution >= 0.6 is 7.60 Å². The highest BCUT2D eigenvalue weighted by Gasteiger charge is 2.26. The van der Waals surface area contributed by atoms with Crippen molar-refractivity contribution in [2.24, 2.45) is 0 Å². The molecule has 36 heavy (non-hydrogen) atoms. The van der Waals surface area contributed by atoms with Crippen molar-refractivity contribution < 1.29 is 28.7 Å². The Bertz CT molecular complexity index is 1040. The van der Waals surface area contributed by atoms with Crippen LogP contribution in [0.5, 0.6) is 0 Å². The van der Waals surface area contributed by atoms with Gasteiger partial charge in [-0.3, -0.25) is 9.36 Å². The maximum absolute atomic E-state index is 13.4. The van der Waals surface area contributed by atoms with E-state index >= 15 is 0 Å². The number of urea groups is 1. The van der Waals surface area contributed by atoms with E-state index < -0.39 is 25.8 Å². The Morgan fingerprint density at radius 3 is 2.19 bits per heavy atom. The summed E-state index contributed by atoms with van der Waals surface area (Å²) in [5, 5.41) is 5.83. The summed E-state index contributed by atoms with van der Waals surface area (Å²) < 4.78 is 16.6. The lowest BCUT2D eigenvalue weighted by molar-refractivity contribution is -0.123. The minimum atomic E-state index is -4.21. The van der Waals surface area contributed by atoms with Gasteiger partial charge in [0.2, 0.25) is 5.91 Å². The molecule has 1 fully saturated rings. The fraction of sp³-hybridized carbons (Fsp3) is 0.385. The summed E-state index contributed by atoms with van der Waals surface area (Å²) in [5.41, 5.74) is 1.99. The maximum Gasteiger partial charge on any atom is 0.329 e. The van der Waals surface area contributed by atoms with Crippen LogP contribution in [0.4, 0.5) is 4.79 Å². The highest BCUT2D eigenvalue weighted by atomic mass is 31.2. The summed E-state index contributed by atoms with van der Waals surface area (Å²) in [6, 6.07) is 17.6. The smallest absolute Gasteiger partial charge is 0.329 e. The van der Waals surface area contributed by atoms with E-state index in [9.17, 15) is 23.9 Å². The summed E-state index contributed by atoms with van der Waals surface area (Å²) in [5.74, 6) is -0.362. The fourth-order valence-corrected chi connectivity index (χ4v) is 4.29. The number of rotatable bonds is 11. The number of benzene rings is 2. The minimum Gasteiger partial charge on any atom is -0.378 e. The van der Waals surface area contributed by atoms with Gasteiger partial charge in [-0.25, -0.2) is 4.79 Å². The Morgan fingerprint density at radius 1 is 0.972 bits per heavy atom. The van der Waals surface area contributed by atoms with Crippen molar-refractivity contribution in [3.05, 3.63) is 83.9 Å². The molecular weight excluding hydrogens is 481 g/mol. The quantitative estimate of drug-likeness (QED) is 0.269. The first kappa shape index (κ1) is 27.6. The first-order valence-electron chi connectivity index (χ1n) is 12.0. The summed E-state index contributed by atoms with van der Waals surface area (Å²) >= 11 is 0. The number of ether oxygens (including phenoxy) is 1. The van der Waals surface area contributed by atoms with Crippen molar-refractivity contribution >= 4 is 19.5 Å². The molecule has 0 spiro atoms. The van der Waals surface area contributed by atoms with E-state index in [4.69, 9.17) is 4.74 Å². The molecule has 0 saturated carbocycles. The Labute approximate surface area is 211 Å². The van der Waals surface area contributed by atoms with Crippen LogP contribution in [-0.4, -0.2) is 71.2 Å². The minimum absolute atomic E-state index is 0.306. The van der Waals surface area contributed by atoms with Gasteiger partial charge in [0.05, 0.1) is 19.4 Å². The summed E-state index contributed by atoms with van der Waals surface area (Å²) in [7, 11) is -4.21. The molecule has 2 aromatic carbocycles. The normalized spacial score (nSPS) is 15.9. The van der Waals surface area contributed by atoms with Gasteiger partial charge >= 0.3 is 13.6 Å². The molecule has 2 atom stereocenters. The summed E-state index contributed by atoms with van der Waals surface area (Å²) in [6.07, 6.45) is 4.10. The molecule has 9 nitrogen and oxygen atoms in total. The van der Waals surface area contributed by atoms with Crippen LogP contribution in [0.3, 0.4) is 0 Å². The Hall–Kier alpha value is -2.97. The zero-order valence-electron chi connectivity index (χ0n) is 20.2. The Balaban J connectivity index is 1.72. The van der Waals surface area contributed by atoms with Crippen molar-refractivity contribution in [3.8, 4) is 0 Å². The van der Waals surface area contributed by atoms with Gasteiger partial charge in [0.1, 0.15) is 6.04 Å². The largest absolute Gasteiger partial charge is 0.378 e. The van der Waals surface area contributed by atoms with E-state index in [-0.39, 0.29) is 11.9 Å². The molecular formula is C26H34N3O6P. The molecule has 194 valence electrons. The summed E-state index contributed by atoms with van der Waals surface area (Å²) in [6.45, 7) is 1.82. The molecule has 3 amide bonds. The van der Waals surface area contributed by atoms with Gasteiger partial charge in [0, 0.05) is 25.6 Å². The van der Waals surface area contributed by atoms with E-state index in [2.05, 4.69) is 10.6 Å². The topological polar surface area (TPSA) is 128 Å². The first-order chi connectivity index (χ1) is 17.3. The molecule has 1 saturated heterocycles. The van der Waals surface area contributed by atoms with Gasteiger partial charge in [-0.05, 0) is 24.0 Å². The van der Waals surface area contributed by atoms with E-state index in [0.717, 1.165) is 11.1 Å². The molecule has 1 aliphatic heterocycles. The molecule has 0 radical (unpaired) electrons. The third-order valence-corrected chi connectivity index (χ3v) is 6.51. The average Bonchev–Trinajstić information content (AvgIpc) is 2.87. The Kier molecular flexibility index (Phi) is 10.7. The zero-order chi connectivity index (χ0) is 25.8. The van der Waals surface area contributed by atoms with Crippen LogP contribution in [0.1, 0.15) is 17.5 Å². The molecule has 0 bridgehead atoms. The SMILES string of the molecule is O=C(N[C@H](/C=C/CP(=O)(O)O)CCc1ccccc1)C(Cc1ccccc1)NC(=O)N1CCOCC1. The van der Waals surface area contributed by atoms with Crippen molar-refractivity contribution in [2.45, 2.75) is 31.3 Å². The molecule has 3 rings (SSSR count). The van der Waals surface area contributed by atoms with Crippen molar-refractivity contribution in [1.29, 1.82) is 0 Å². The van der Waals surface area contributed by atoms with Gasteiger partial charge in [0.25, 0.3) is 0 Å². The Morgan fingerprint density at radius 2 is 1.58 bits per heavy atom. The van der Waals surface area contributed by atoms with Gasteiger partial charge in [-0.15, -0.1) is 0 Å². The van der Waals surface area contributed by atoms with Gasteiger partial charge in [0.15, 0.2) is 0 Å². The van der Waals surface area contributed by atoms with E-state index in [1.165, 1.54) is 6.08 Å². The predicted molar refractivity (Wildman–Crippen MR) is 138 cm³/mol. The second kappa shape index (κ2) is 13.9. The predicted octanol–water partition coefficient (Wildman–Crippen LogP) is 2.49. The van der Waals surface area contributed by atoms with Crippen molar-refractivity contribution in [2.75, 3.05) is 32.5 Å². The first-order valence-corrected chi connectivity index (χ1v) is 13.8. The molecule has 0 aliphatic carbocycles. The number of carbonyl (C=O) groups excluding carboxylic acids is 2. The summed E-state index contributed by atoms with van der Waals surface area (Å²) in [4.78, 5) is 46.3. The van der Waals surface area contributed by atoms with Crippen molar-refractivity contribution in [3.63, 3.8) is 0 Å². The van der Waals surface area contributed by atoms with Gasteiger partial charge in [-0.1, -0.05) is 72.8 Å². The van der Waals surface area contributed by atoms with Crippen LogP contribution in [-0.2, 0) is 26.9 Å². The lowest BCUT2D eigenvalue weighted by Crippen LogP contribution is -2.55. The van der Waals surface area contributed by atoms with Crippen LogP contribution in [0, 0.1) is 0 Å². The molecule has 1 unspecified atom stereocenters. The number of amides is 3. The zero-order valence-corrected chi connectivity index (χ0v) is 21.1. The molecule has 4 N–H and O–H groups in total. The molecule has 0 aromatic heterocycles. The fourth-order valence-electron chi connectivity index (χ4n) is 3.89. The van der Waals surface area contributed by atoms with Crippen LogP contribution in [0.2, 0.25) is 0 Å². The average molecular weight is 516 g/mol. The van der Waals surface area contributed by atoms with Crippen LogP contribution < -0.4 is 10.6 Å². The van der Waals surface area contributed by atoms with Crippen LogP contribution in [0.25, 0.3) is 0 Å². The van der Waals surface area contributed by atoms with Crippen LogP contribution in [0.15, 0.2) is 72.8 Å². The third kappa shape index (κ3) is 9.95. The van der Waals surface area contributed by atoms with Gasteiger partial charge < -0.3 is 30.1 Å². The number of nitrogens with zero attached hydrogens (tertiary/aromatic N) is 1. The highest BCUT2D eigenvalue weighted by Crippen LogP contribution is 2.33. The molecule has 10 heteroatoms. The third-order valence-electron chi connectivity index (χ3n) is 5.82. The number of nitrogens with one attached hydrogen (secondary N) is 2. The van der Waals surface area contributed by atoms with E-state index in [0.29, 0.717) is 45.6 Å². The number of carbonyl (C=O) groups is 2. The van der Waals surface area contributed by atoms with E-state index in [1.807, 2.05) is 60.7 Å². The maximum atomic E-state index is 13.4. The molecule has 1 aliphatic rings. The second-order valence-electron chi connectivity index (χ2n) is 8.71.